The fourth-order valence-corrected chi connectivity index (χ4v) is 2.78. The zero-order chi connectivity index (χ0) is 17.6. The molecule has 2 aromatic carbocycles. The maximum Gasteiger partial charge on any atom is 0.230 e. The van der Waals surface area contributed by atoms with Gasteiger partial charge < -0.3 is 10.1 Å². The third-order valence-corrected chi connectivity index (χ3v) is 4.02. The summed E-state index contributed by atoms with van der Waals surface area (Å²) in [4.78, 5) is 12.7. The van der Waals surface area contributed by atoms with Gasteiger partial charge in [-0.1, -0.05) is 24.3 Å². The Hall–Kier alpha value is -3.00. The highest BCUT2D eigenvalue weighted by Gasteiger charge is 2.06. The van der Waals surface area contributed by atoms with E-state index < -0.39 is 10.7 Å². The Balaban J connectivity index is 1.84. The van der Waals surface area contributed by atoms with E-state index >= 15 is 0 Å². The minimum absolute atomic E-state index is 0.00286. The fraction of sp³-hybridized carbons (Fsp3) is 0.118. The molecule has 0 aliphatic heterocycles. The predicted octanol–water partition coefficient (Wildman–Crippen LogP) is 2.40. The van der Waals surface area contributed by atoms with Crippen LogP contribution in [-0.2, 0) is 16.5 Å². The second-order valence-electron chi connectivity index (χ2n) is 5.18. The molecule has 0 amide bonds. The maximum atomic E-state index is 10.9. The number of nitrogens with zero attached hydrogens (tertiary/aromatic N) is 3. The molecule has 1 N–H and O–H groups in total. The van der Waals surface area contributed by atoms with Gasteiger partial charge in [-0.15, -0.1) is 0 Å². The molecule has 3 aromatic rings. The molecular weight excluding hydrogens is 340 g/mol. The standard InChI is InChI=1S/C17H16N4O3S/c1-24-15-7-3-5-13(9-15)16-18-11-19-17(21-16)20-14-6-2-4-12(8-14)10-25(22)23/h2-9,11,25H,10H2,1H3,(H,18,19,20,21). The zero-order valence-corrected chi connectivity index (χ0v) is 14.3. The number of thiol groups is 1. The topological polar surface area (TPSA) is 94.1 Å². The van der Waals surface area contributed by atoms with Gasteiger partial charge in [0.2, 0.25) is 5.95 Å². The molecule has 0 aliphatic rings. The lowest BCUT2D eigenvalue weighted by Gasteiger charge is -2.08. The number of hydrogen-bond donors (Lipinski definition) is 2. The van der Waals surface area contributed by atoms with Crippen molar-refractivity contribution >= 4 is 22.3 Å². The number of anilines is 2. The van der Waals surface area contributed by atoms with Gasteiger partial charge >= 0.3 is 0 Å². The molecule has 0 saturated carbocycles. The smallest absolute Gasteiger partial charge is 0.230 e. The first-order valence-electron chi connectivity index (χ1n) is 7.45. The summed E-state index contributed by atoms with van der Waals surface area (Å²) in [6, 6.07) is 14.5. The van der Waals surface area contributed by atoms with Crippen LogP contribution in [0.4, 0.5) is 11.6 Å². The molecule has 25 heavy (non-hydrogen) atoms. The second-order valence-corrected chi connectivity index (χ2v) is 6.16. The van der Waals surface area contributed by atoms with Crippen LogP contribution in [0.1, 0.15) is 5.56 Å². The van der Waals surface area contributed by atoms with Crippen LogP contribution in [0.5, 0.6) is 5.75 Å². The normalized spacial score (nSPS) is 10.6. The Morgan fingerprint density at radius 3 is 2.72 bits per heavy atom. The van der Waals surface area contributed by atoms with Crippen molar-refractivity contribution in [3.8, 4) is 17.1 Å². The van der Waals surface area contributed by atoms with E-state index in [4.69, 9.17) is 4.74 Å². The van der Waals surface area contributed by atoms with Crippen molar-refractivity contribution in [3.63, 3.8) is 0 Å². The summed E-state index contributed by atoms with van der Waals surface area (Å²) in [5.74, 6) is 1.59. The fourth-order valence-electron chi connectivity index (χ4n) is 2.28. The molecular formula is C17H16N4O3S. The maximum absolute atomic E-state index is 10.9. The van der Waals surface area contributed by atoms with Crippen LogP contribution < -0.4 is 10.1 Å². The molecule has 0 fully saturated rings. The highest BCUT2D eigenvalue weighted by Crippen LogP contribution is 2.22. The average molecular weight is 356 g/mol. The van der Waals surface area contributed by atoms with Crippen LogP contribution in [-0.4, -0.2) is 30.5 Å². The highest BCUT2D eigenvalue weighted by atomic mass is 32.2. The van der Waals surface area contributed by atoms with E-state index in [-0.39, 0.29) is 5.75 Å². The van der Waals surface area contributed by atoms with E-state index in [1.165, 1.54) is 6.33 Å². The summed E-state index contributed by atoms with van der Waals surface area (Å²) in [6.45, 7) is 0. The molecule has 7 nitrogen and oxygen atoms in total. The minimum Gasteiger partial charge on any atom is -0.497 e. The number of rotatable bonds is 6. The molecule has 1 heterocycles. The summed E-state index contributed by atoms with van der Waals surface area (Å²) in [5.41, 5.74) is 2.21. The van der Waals surface area contributed by atoms with Crippen molar-refractivity contribution in [2.75, 3.05) is 12.4 Å². The first-order chi connectivity index (χ1) is 12.1. The molecule has 128 valence electrons. The van der Waals surface area contributed by atoms with Gasteiger partial charge in [-0.2, -0.15) is 4.98 Å². The highest BCUT2D eigenvalue weighted by molar-refractivity contribution is 7.71. The van der Waals surface area contributed by atoms with E-state index in [1.54, 1.807) is 25.3 Å². The van der Waals surface area contributed by atoms with Crippen molar-refractivity contribution in [2.45, 2.75) is 5.75 Å². The van der Waals surface area contributed by atoms with Gasteiger partial charge in [0.05, 0.1) is 12.9 Å². The molecule has 1 aromatic heterocycles. The lowest BCUT2D eigenvalue weighted by molar-refractivity contribution is 0.415. The Morgan fingerprint density at radius 1 is 1.08 bits per heavy atom. The molecule has 0 atom stereocenters. The molecule has 0 aliphatic carbocycles. The summed E-state index contributed by atoms with van der Waals surface area (Å²) in [6.07, 6.45) is 1.42. The summed E-state index contributed by atoms with van der Waals surface area (Å²) >= 11 is 0. The summed E-state index contributed by atoms with van der Waals surface area (Å²) in [5, 5.41) is 3.07. The molecule has 8 heteroatoms. The van der Waals surface area contributed by atoms with Gasteiger partial charge in [0.15, 0.2) is 5.82 Å². The summed E-state index contributed by atoms with van der Waals surface area (Å²) in [7, 11) is -0.870. The van der Waals surface area contributed by atoms with Crippen molar-refractivity contribution in [1.82, 2.24) is 15.0 Å². The quantitative estimate of drug-likeness (QED) is 0.655. The van der Waals surface area contributed by atoms with Crippen LogP contribution in [0.15, 0.2) is 54.9 Å². The van der Waals surface area contributed by atoms with Crippen molar-refractivity contribution in [3.05, 3.63) is 60.4 Å². The first-order valence-corrected chi connectivity index (χ1v) is 8.81. The first kappa shape index (κ1) is 16.8. The average Bonchev–Trinajstić information content (AvgIpc) is 2.62. The SMILES string of the molecule is COc1cccc(-c2ncnc(Nc3cccc(C[SH](=O)=O)c3)n2)c1. The van der Waals surface area contributed by atoms with Gasteiger partial charge in [0, 0.05) is 11.3 Å². The lowest BCUT2D eigenvalue weighted by Crippen LogP contribution is -2.00. The Morgan fingerprint density at radius 2 is 1.92 bits per heavy atom. The molecule has 0 saturated heterocycles. The van der Waals surface area contributed by atoms with Crippen LogP contribution in [0, 0.1) is 0 Å². The Labute approximate surface area is 146 Å². The van der Waals surface area contributed by atoms with Gasteiger partial charge in [0.1, 0.15) is 22.8 Å². The lowest BCUT2D eigenvalue weighted by atomic mass is 10.2. The predicted molar refractivity (Wildman–Crippen MR) is 95.6 cm³/mol. The number of hydrogen-bond acceptors (Lipinski definition) is 7. The number of ether oxygens (including phenoxy) is 1. The van der Waals surface area contributed by atoms with E-state index in [1.807, 2.05) is 30.3 Å². The van der Waals surface area contributed by atoms with Crippen molar-refractivity contribution in [1.29, 1.82) is 0 Å². The minimum atomic E-state index is -2.47. The van der Waals surface area contributed by atoms with Gasteiger partial charge in [-0.25, -0.2) is 18.4 Å². The third-order valence-electron chi connectivity index (χ3n) is 3.39. The molecule has 0 bridgehead atoms. The number of aromatic nitrogens is 3. The van der Waals surface area contributed by atoms with Crippen LogP contribution in [0.3, 0.4) is 0 Å². The summed E-state index contributed by atoms with van der Waals surface area (Å²) < 4.78 is 26.9. The molecule has 0 unspecified atom stereocenters. The van der Waals surface area contributed by atoms with Crippen LogP contribution in [0.25, 0.3) is 11.4 Å². The van der Waals surface area contributed by atoms with E-state index in [2.05, 4.69) is 20.3 Å². The largest absolute Gasteiger partial charge is 0.497 e. The molecule has 3 rings (SSSR count). The molecule has 0 radical (unpaired) electrons. The second kappa shape index (κ2) is 7.71. The van der Waals surface area contributed by atoms with Gasteiger partial charge in [-0.05, 0) is 29.8 Å². The van der Waals surface area contributed by atoms with E-state index in [0.717, 1.165) is 5.56 Å². The monoisotopic (exact) mass is 356 g/mol. The van der Waals surface area contributed by atoms with E-state index in [9.17, 15) is 8.42 Å². The van der Waals surface area contributed by atoms with Crippen LogP contribution >= 0.6 is 0 Å². The zero-order valence-electron chi connectivity index (χ0n) is 13.4. The molecule has 0 spiro atoms. The Bertz CT molecular complexity index is 952. The number of nitrogens with one attached hydrogen (secondary N) is 1. The van der Waals surface area contributed by atoms with Crippen molar-refractivity contribution in [2.24, 2.45) is 0 Å². The van der Waals surface area contributed by atoms with Gasteiger partial charge in [-0.3, -0.25) is 0 Å². The third kappa shape index (κ3) is 4.51. The van der Waals surface area contributed by atoms with Gasteiger partial charge in [0.25, 0.3) is 0 Å². The van der Waals surface area contributed by atoms with E-state index in [0.29, 0.717) is 28.8 Å². The van der Waals surface area contributed by atoms with Crippen molar-refractivity contribution < 1.29 is 13.2 Å². The number of benzene rings is 2. The van der Waals surface area contributed by atoms with Crippen LogP contribution in [0.2, 0.25) is 0 Å². The number of methoxy groups -OCH3 is 1. The Kier molecular flexibility index (Phi) is 5.20.